The Balaban J connectivity index is 2.02. The summed E-state index contributed by atoms with van der Waals surface area (Å²) in [6, 6.07) is 7.38. The summed E-state index contributed by atoms with van der Waals surface area (Å²) < 4.78 is 5.64. The van der Waals surface area contributed by atoms with E-state index in [0.29, 0.717) is 25.3 Å². The second kappa shape index (κ2) is 7.82. The average Bonchev–Trinajstić information content (AvgIpc) is 2.53. The lowest BCUT2D eigenvalue weighted by molar-refractivity contribution is 0.00724. The van der Waals surface area contributed by atoms with Gasteiger partial charge in [0.25, 0.3) is 5.91 Å². The minimum Gasteiger partial charge on any atom is -0.377 e. The van der Waals surface area contributed by atoms with Crippen LogP contribution in [-0.4, -0.2) is 43.2 Å². The second-order valence-electron chi connectivity index (χ2n) is 5.05. The van der Waals surface area contributed by atoms with Gasteiger partial charge in [-0.2, -0.15) is 0 Å². The molecule has 0 saturated carbocycles. The molecule has 0 aliphatic carbocycles. The van der Waals surface area contributed by atoms with Crippen molar-refractivity contribution in [3.8, 4) is 11.8 Å². The Labute approximate surface area is 126 Å². The summed E-state index contributed by atoms with van der Waals surface area (Å²) in [4.78, 5) is 14.4. The van der Waals surface area contributed by atoms with E-state index >= 15 is 0 Å². The molecule has 0 aromatic heterocycles. The summed E-state index contributed by atoms with van der Waals surface area (Å²) in [5.41, 5.74) is 6.92. The Morgan fingerprint density at radius 1 is 1.43 bits per heavy atom. The number of piperidine rings is 1. The van der Waals surface area contributed by atoms with E-state index in [9.17, 15) is 4.79 Å². The molecule has 0 bridgehead atoms. The number of rotatable bonds is 3. The number of carbonyl (C=O) groups is 1. The van der Waals surface area contributed by atoms with Gasteiger partial charge in [0.05, 0.1) is 12.6 Å². The molecule has 1 heterocycles. The first-order valence-electron chi connectivity index (χ1n) is 7.44. The zero-order valence-corrected chi connectivity index (χ0v) is 12.5. The Hall–Kier alpha value is -1.83. The summed E-state index contributed by atoms with van der Waals surface area (Å²) in [5.74, 6) is 5.82. The van der Waals surface area contributed by atoms with Crippen LogP contribution in [0.5, 0.6) is 0 Å². The highest BCUT2D eigenvalue weighted by Gasteiger charge is 2.24. The fraction of sp³-hybridized carbons (Fsp3) is 0.471. The van der Waals surface area contributed by atoms with Crippen molar-refractivity contribution in [2.45, 2.75) is 25.9 Å². The first kappa shape index (κ1) is 15.6. The lowest BCUT2D eigenvalue weighted by Gasteiger charge is -2.32. The van der Waals surface area contributed by atoms with Crippen molar-refractivity contribution in [2.24, 2.45) is 5.73 Å². The van der Waals surface area contributed by atoms with E-state index in [4.69, 9.17) is 10.5 Å². The third-order valence-corrected chi connectivity index (χ3v) is 3.53. The fourth-order valence-electron chi connectivity index (χ4n) is 2.53. The highest BCUT2D eigenvalue weighted by atomic mass is 16.5. The zero-order chi connectivity index (χ0) is 15.1. The van der Waals surface area contributed by atoms with Crippen LogP contribution in [-0.2, 0) is 4.74 Å². The molecule has 0 radical (unpaired) electrons. The highest BCUT2D eigenvalue weighted by Crippen LogP contribution is 2.16. The van der Waals surface area contributed by atoms with Crippen molar-refractivity contribution in [1.82, 2.24) is 4.90 Å². The number of nitrogens with zero attached hydrogens (tertiary/aromatic N) is 1. The molecule has 1 amide bonds. The normalized spacial score (nSPS) is 18.0. The van der Waals surface area contributed by atoms with Crippen molar-refractivity contribution >= 4 is 5.91 Å². The zero-order valence-electron chi connectivity index (χ0n) is 12.5. The van der Waals surface area contributed by atoms with Crippen LogP contribution in [0, 0.1) is 11.8 Å². The molecule has 0 spiro atoms. The maximum absolute atomic E-state index is 12.5. The summed E-state index contributed by atoms with van der Waals surface area (Å²) in [7, 11) is 0. The molecule has 112 valence electrons. The van der Waals surface area contributed by atoms with Gasteiger partial charge in [-0.05, 0) is 44.0 Å². The molecular formula is C17H22N2O2. The number of likely N-dealkylation sites (tertiary alicyclic amines) is 1. The molecule has 4 nitrogen and oxygen atoms in total. The van der Waals surface area contributed by atoms with Crippen LogP contribution in [0.2, 0.25) is 0 Å². The molecular weight excluding hydrogens is 264 g/mol. The van der Waals surface area contributed by atoms with Crippen molar-refractivity contribution in [1.29, 1.82) is 0 Å². The Morgan fingerprint density at radius 2 is 2.19 bits per heavy atom. The van der Waals surface area contributed by atoms with E-state index in [1.165, 1.54) is 0 Å². The van der Waals surface area contributed by atoms with Crippen molar-refractivity contribution in [3.63, 3.8) is 0 Å². The molecule has 2 rings (SSSR count). The van der Waals surface area contributed by atoms with Crippen LogP contribution < -0.4 is 5.73 Å². The molecule has 21 heavy (non-hydrogen) atoms. The molecule has 1 atom stereocenters. The Morgan fingerprint density at radius 3 is 2.86 bits per heavy atom. The standard InChI is InChI=1S/C17H22N2O2/c1-2-21-16-6-4-12-19(13-16)17(20)15-9-7-14(8-10-15)5-3-11-18/h7-10,16H,2,4,6,11-13,18H2,1H3. The third kappa shape index (κ3) is 4.32. The second-order valence-corrected chi connectivity index (χ2v) is 5.05. The average molecular weight is 286 g/mol. The Kier molecular flexibility index (Phi) is 5.79. The van der Waals surface area contributed by atoms with Crippen LogP contribution in [0.3, 0.4) is 0 Å². The molecule has 1 fully saturated rings. The van der Waals surface area contributed by atoms with Gasteiger partial charge in [0.15, 0.2) is 0 Å². The van der Waals surface area contributed by atoms with Gasteiger partial charge in [-0.25, -0.2) is 0 Å². The van der Waals surface area contributed by atoms with Crippen LogP contribution >= 0.6 is 0 Å². The predicted octanol–water partition coefficient (Wildman–Crippen LogP) is 1.64. The number of amides is 1. The van der Waals surface area contributed by atoms with Gasteiger partial charge >= 0.3 is 0 Å². The minimum absolute atomic E-state index is 0.0673. The van der Waals surface area contributed by atoms with E-state index in [2.05, 4.69) is 11.8 Å². The molecule has 1 aromatic rings. The first-order valence-corrected chi connectivity index (χ1v) is 7.44. The van der Waals surface area contributed by atoms with Gasteiger partial charge in [-0.1, -0.05) is 11.8 Å². The summed E-state index contributed by atoms with van der Waals surface area (Å²) in [6.45, 7) is 4.51. The topological polar surface area (TPSA) is 55.6 Å². The number of hydrogen-bond acceptors (Lipinski definition) is 3. The van der Waals surface area contributed by atoms with Gasteiger partial charge in [0, 0.05) is 30.8 Å². The Bertz CT molecular complexity index is 526. The number of nitrogens with two attached hydrogens (primary N) is 1. The van der Waals surface area contributed by atoms with Crippen LogP contribution in [0.4, 0.5) is 0 Å². The number of hydrogen-bond donors (Lipinski definition) is 1. The predicted molar refractivity (Wildman–Crippen MR) is 82.9 cm³/mol. The van der Waals surface area contributed by atoms with Crippen molar-refractivity contribution < 1.29 is 9.53 Å². The van der Waals surface area contributed by atoms with Gasteiger partial charge in [0.2, 0.25) is 0 Å². The summed E-state index contributed by atoms with van der Waals surface area (Å²) in [6.07, 6.45) is 2.20. The SMILES string of the molecule is CCOC1CCCN(C(=O)c2ccc(C#CCN)cc2)C1. The third-order valence-electron chi connectivity index (χ3n) is 3.53. The smallest absolute Gasteiger partial charge is 0.253 e. The van der Waals surface area contributed by atoms with Crippen molar-refractivity contribution in [3.05, 3.63) is 35.4 Å². The lowest BCUT2D eigenvalue weighted by atomic mass is 10.1. The van der Waals surface area contributed by atoms with Gasteiger partial charge in [0.1, 0.15) is 0 Å². The van der Waals surface area contributed by atoms with Crippen LogP contribution in [0.25, 0.3) is 0 Å². The highest BCUT2D eigenvalue weighted by molar-refractivity contribution is 5.94. The van der Waals surface area contributed by atoms with Gasteiger partial charge in [-0.3, -0.25) is 4.79 Å². The maximum Gasteiger partial charge on any atom is 0.253 e. The summed E-state index contributed by atoms with van der Waals surface area (Å²) >= 11 is 0. The monoisotopic (exact) mass is 286 g/mol. The minimum atomic E-state index is 0.0673. The fourth-order valence-corrected chi connectivity index (χ4v) is 2.53. The van der Waals surface area contributed by atoms with Gasteiger partial charge in [-0.15, -0.1) is 0 Å². The first-order chi connectivity index (χ1) is 10.2. The maximum atomic E-state index is 12.5. The van der Waals surface area contributed by atoms with E-state index < -0.39 is 0 Å². The van der Waals surface area contributed by atoms with E-state index in [0.717, 1.165) is 24.9 Å². The van der Waals surface area contributed by atoms with E-state index in [-0.39, 0.29) is 12.0 Å². The van der Waals surface area contributed by atoms with E-state index in [1.54, 1.807) is 0 Å². The summed E-state index contributed by atoms with van der Waals surface area (Å²) in [5, 5.41) is 0. The number of carbonyl (C=O) groups excluding carboxylic acids is 1. The molecule has 1 aliphatic heterocycles. The molecule has 1 aliphatic rings. The molecule has 4 heteroatoms. The molecule has 1 aromatic carbocycles. The molecule has 2 N–H and O–H groups in total. The van der Waals surface area contributed by atoms with Crippen molar-refractivity contribution in [2.75, 3.05) is 26.2 Å². The number of ether oxygens (including phenoxy) is 1. The molecule has 1 unspecified atom stereocenters. The van der Waals surface area contributed by atoms with Crippen LogP contribution in [0.1, 0.15) is 35.7 Å². The lowest BCUT2D eigenvalue weighted by Crippen LogP contribution is -2.43. The molecule has 1 saturated heterocycles. The van der Waals surface area contributed by atoms with Gasteiger partial charge < -0.3 is 15.4 Å². The van der Waals surface area contributed by atoms with Crippen LogP contribution in [0.15, 0.2) is 24.3 Å². The number of benzene rings is 1. The quantitative estimate of drug-likeness (QED) is 0.859. The largest absolute Gasteiger partial charge is 0.377 e. The van der Waals surface area contributed by atoms with E-state index in [1.807, 2.05) is 36.1 Å².